The van der Waals surface area contributed by atoms with Crippen molar-refractivity contribution in [2.45, 2.75) is 0 Å². The highest BCUT2D eigenvalue weighted by atomic mass is 35.5. The summed E-state index contributed by atoms with van der Waals surface area (Å²) in [4.78, 5) is 0.565. The number of benzene rings is 2. The van der Waals surface area contributed by atoms with Gasteiger partial charge in [0.15, 0.2) is 10.8 Å². The van der Waals surface area contributed by atoms with Crippen LogP contribution in [0.4, 0.5) is 4.39 Å². The molecule has 0 spiro atoms. The van der Waals surface area contributed by atoms with Crippen molar-refractivity contribution >= 4 is 27.9 Å². The highest BCUT2D eigenvalue weighted by Crippen LogP contribution is 2.34. The standard InChI is InChI=1S/C16H10ClFN4OS/c1-23-10-7-5-9(6-8-10)14-19-20-16-22(14)21-15(24-16)13-11(17)3-2-4-12(13)18/h2-8H,1H3. The molecule has 120 valence electrons. The summed E-state index contributed by atoms with van der Waals surface area (Å²) < 4.78 is 20.8. The van der Waals surface area contributed by atoms with Gasteiger partial charge in [0.25, 0.3) is 0 Å². The monoisotopic (exact) mass is 360 g/mol. The molecular formula is C16H10ClFN4OS. The van der Waals surface area contributed by atoms with Crippen LogP contribution < -0.4 is 4.74 Å². The Hall–Kier alpha value is -2.51. The fraction of sp³-hybridized carbons (Fsp3) is 0.0625. The average Bonchev–Trinajstić information content (AvgIpc) is 3.15. The summed E-state index contributed by atoms with van der Waals surface area (Å²) in [6.07, 6.45) is 0. The van der Waals surface area contributed by atoms with Crippen LogP contribution >= 0.6 is 22.9 Å². The maximum atomic E-state index is 14.1. The third-order valence-corrected chi connectivity index (χ3v) is 4.75. The molecule has 0 bridgehead atoms. The van der Waals surface area contributed by atoms with Gasteiger partial charge in [-0.05, 0) is 36.4 Å². The number of hydrogen-bond acceptors (Lipinski definition) is 5. The Balaban J connectivity index is 1.84. The SMILES string of the molecule is COc1ccc(-c2nnc3sc(-c4c(F)cccc4Cl)nn23)cc1. The molecule has 2 aromatic carbocycles. The van der Waals surface area contributed by atoms with E-state index in [1.54, 1.807) is 23.8 Å². The molecule has 0 N–H and O–H groups in total. The first-order chi connectivity index (χ1) is 11.7. The Labute approximate surface area is 145 Å². The Morgan fingerprint density at radius 2 is 1.92 bits per heavy atom. The van der Waals surface area contributed by atoms with E-state index in [1.807, 2.05) is 24.3 Å². The quantitative estimate of drug-likeness (QED) is 0.546. The van der Waals surface area contributed by atoms with Gasteiger partial charge >= 0.3 is 0 Å². The predicted octanol–water partition coefficient (Wildman–Crippen LogP) is 4.32. The Morgan fingerprint density at radius 1 is 1.12 bits per heavy atom. The van der Waals surface area contributed by atoms with Gasteiger partial charge in [0, 0.05) is 5.56 Å². The van der Waals surface area contributed by atoms with Gasteiger partial charge in [-0.25, -0.2) is 4.39 Å². The first-order valence-corrected chi connectivity index (χ1v) is 8.18. The molecule has 8 heteroatoms. The van der Waals surface area contributed by atoms with E-state index in [-0.39, 0.29) is 5.56 Å². The first kappa shape index (κ1) is 15.0. The average molecular weight is 361 g/mol. The highest BCUT2D eigenvalue weighted by molar-refractivity contribution is 7.19. The second-order valence-corrected chi connectivity index (χ2v) is 6.31. The number of methoxy groups -OCH3 is 1. The lowest BCUT2D eigenvalue weighted by molar-refractivity contribution is 0.415. The second-order valence-electron chi connectivity index (χ2n) is 4.95. The first-order valence-electron chi connectivity index (χ1n) is 6.98. The molecule has 5 nitrogen and oxygen atoms in total. The summed E-state index contributed by atoms with van der Waals surface area (Å²) in [7, 11) is 1.61. The van der Waals surface area contributed by atoms with Gasteiger partial charge in [0.05, 0.1) is 17.7 Å². The molecule has 4 aromatic rings. The van der Waals surface area contributed by atoms with Crippen molar-refractivity contribution in [2.24, 2.45) is 0 Å². The van der Waals surface area contributed by atoms with Crippen LogP contribution in [0, 0.1) is 5.82 Å². The number of aromatic nitrogens is 4. The minimum atomic E-state index is -0.418. The molecular weight excluding hydrogens is 351 g/mol. The van der Waals surface area contributed by atoms with E-state index in [0.717, 1.165) is 11.3 Å². The number of hydrogen-bond donors (Lipinski definition) is 0. The predicted molar refractivity (Wildman–Crippen MR) is 91.1 cm³/mol. The smallest absolute Gasteiger partial charge is 0.235 e. The fourth-order valence-corrected chi connectivity index (χ4v) is 3.55. The maximum absolute atomic E-state index is 14.1. The summed E-state index contributed by atoms with van der Waals surface area (Å²) in [6.45, 7) is 0. The van der Waals surface area contributed by atoms with Crippen LogP contribution in [0.1, 0.15) is 0 Å². The molecule has 0 aliphatic rings. The maximum Gasteiger partial charge on any atom is 0.235 e. The molecule has 0 aliphatic heterocycles. The summed E-state index contributed by atoms with van der Waals surface area (Å²) in [5.74, 6) is 0.901. The lowest BCUT2D eigenvalue weighted by atomic mass is 10.2. The molecule has 0 fully saturated rings. The minimum Gasteiger partial charge on any atom is -0.497 e. The van der Waals surface area contributed by atoms with Crippen molar-refractivity contribution in [1.82, 2.24) is 19.8 Å². The molecule has 0 aliphatic carbocycles. The molecule has 0 saturated carbocycles. The van der Waals surface area contributed by atoms with Gasteiger partial charge in [0.2, 0.25) is 4.96 Å². The normalized spacial score (nSPS) is 11.1. The van der Waals surface area contributed by atoms with Crippen molar-refractivity contribution in [2.75, 3.05) is 7.11 Å². The summed E-state index contributed by atoms with van der Waals surface area (Å²) in [6, 6.07) is 11.9. The van der Waals surface area contributed by atoms with Crippen LogP contribution in [-0.2, 0) is 0 Å². The van der Waals surface area contributed by atoms with Crippen LogP contribution in [0.15, 0.2) is 42.5 Å². The molecule has 0 saturated heterocycles. The van der Waals surface area contributed by atoms with Crippen molar-refractivity contribution in [1.29, 1.82) is 0 Å². The van der Waals surface area contributed by atoms with Crippen LogP contribution in [-0.4, -0.2) is 26.9 Å². The number of fused-ring (bicyclic) bond motifs is 1. The molecule has 0 amide bonds. The third kappa shape index (κ3) is 2.42. The van der Waals surface area contributed by atoms with Crippen LogP contribution in [0.2, 0.25) is 5.02 Å². The molecule has 4 rings (SSSR count). The zero-order chi connectivity index (χ0) is 16.7. The number of nitrogens with zero attached hydrogens (tertiary/aromatic N) is 4. The fourth-order valence-electron chi connectivity index (χ4n) is 2.34. The van der Waals surface area contributed by atoms with E-state index in [0.29, 0.717) is 20.8 Å². The molecule has 2 aromatic heterocycles. The summed E-state index contributed by atoms with van der Waals surface area (Å²) in [5, 5.41) is 13.5. The molecule has 0 atom stereocenters. The van der Waals surface area contributed by atoms with Gasteiger partial charge in [-0.3, -0.25) is 0 Å². The third-order valence-electron chi connectivity index (χ3n) is 3.52. The van der Waals surface area contributed by atoms with E-state index in [9.17, 15) is 4.39 Å². The van der Waals surface area contributed by atoms with Crippen LogP contribution in [0.25, 0.3) is 26.9 Å². The lowest BCUT2D eigenvalue weighted by Gasteiger charge is -2.02. The Kier molecular flexibility index (Phi) is 3.66. The van der Waals surface area contributed by atoms with Gasteiger partial charge in [-0.2, -0.15) is 9.61 Å². The second kappa shape index (κ2) is 5.85. The van der Waals surface area contributed by atoms with Gasteiger partial charge in [-0.1, -0.05) is 29.0 Å². The summed E-state index contributed by atoms with van der Waals surface area (Å²) >= 11 is 7.35. The highest BCUT2D eigenvalue weighted by Gasteiger charge is 2.18. The Bertz CT molecular complexity index is 1010. The largest absolute Gasteiger partial charge is 0.497 e. The van der Waals surface area contributed by atoms with Gasteiger partial charge in [-0.15, -0.1) is 10.2 Å². The molecule has 0 radical (unpaired) electrons. The minimum absolute atomic E-state index is 0.273. The Morgan fingerprint density at radius 3 is 2.62 bits per heavy atom. The van der Waals surface area contributed by atoms with Crippen molar-refractivity contribution < 1.29 is 9.13 Å². The lowest BCUT2D eigenvalue weighted by Crippen LogP contribution is -1.92. The van der Waals surface area contributed by atoms with Gasteiger partial charge < -0.3 is 4.74 Å². The van der Waals surface area contributed by atoms with E-state index >= 15 is 0 Å². The van der Waals surface area contributed by atoms with Crippen molar-refractivity contribution in [3.05, 3.63) is 53.3 Å². The van der Waals surface area contributed by atoms with Crippen LogP contribution in [0.3, 0.4) is 0 Å². The van der Waals surface area contributed by atoms with E-state index < -0.39 is 5.82 Å². The van der Waals surface area contributed by atoms with Crippen molar-refractivity contribution in [3.8, 4) is 27.7 Å². The van der Waals surface area contributed by atoms with E-state index in [2.05, 4.69) is 15.3 Å². The van der Waals surface area contributed by atoms with Gasteiger partial charge in [0.1, 0.15) is 11.6 Å². The van der Waals surface area contributed by atoms with Crippen LogP contribution in [0.5, 0.6) is 5.75 Å². The van der Waals surface area contributed by atoms with Crippen molar-refractivity contribution in [3.63, 3.8) is 0 Å². The summed E-state index contributed by atoms with van der Waals surface area (Å²) in [5.41, 5.74) is 1.11. The molecule has 2 heterocycles. The number of ether oxygens (including phenoxy) is 1. The number of halogens is 2. The topological polar surface area (TPSA) is 52.3 Å². The zero-order valence-corrected chi connectivity index (χ0v) is 14.0. The molecule has 24 heavy (non-hydrogen) atoms. The van der Waals surface area contributed by atoms with E-state index in [1.165, 1.54) is 17.4 Å². The zero-order valence-electron chi connectivity index (χ0n) is 12.4. The number of rotatable bonds is 3. The van der Waals surface area contributed by atoms with E-state index in [4.69, 9.17) is 16.3 Å². The molecule has 0 unspecified atom stereocenters.